The molecule has 2 amide bonds. The summed E-state index contributed by atoms with van der Waals surface area (Å²) in [5.41, 5.74) is 0.498. The average Bonchev–Trinajstić information content (AvgIpc) is 2.81. The van der Waals surface area contributed by atoms with Crippen LogP contribution in [0, 0.1) is 0 Å². The smallest absolute Gasteiger partial charge is 0.326 e. The van der Waals surface area contributed by atoms with Crippen molar-refractivity contribution in [3.63, 3.8) is 0 Å². The molecule has 1 aliphatic heterocycles. The zero-order chi connectivity index (χ0) is 15.6. The number of hydrogen-bond acceptors (Lipinski definition) is 4. The molecule has 0 radical (unpaired) electrons. The third kappa shape index (κ3) is 3.45. The van der Waals surface area contributed by atoms with E-state index in [2.05, 4.69) is 21.2 Å². The number of anilines is 1. The standard InChI is InChI=1S/C13H15BrN2O5/c1-21-11-3-2-7(4-9(11)14)15-13(20)16-6-8(17)5-10(16)12(18)19/h2-4,8,10,17H,5-6H2,1H3,(H,15,20)(H,18,19)/t8?,10-/m0/s1. The minimum atomic E-state index is -1.13. The Kier molecular flexibility index (Phi) is 4.69. The SMILES string of the molecule is COc1ccc(NC(=O)N2CC(O)C[C@H]2C(=O)O)cc1Br. The van der Waals surface area contributed by atoms with Gasteiger partial charge in [0.05, 0.1) is 17.7 Å². The van der Waals surface area contributed by atoms with Gasteiger partial charge in [-0.25, -0.2) is 9.59 Å². The number of carboxylic acids is 1. The van der Waals surface area contributed by atoms with Crippen LogP contribution in [0.4, 0.5) is 10.5 Å². The van der Waals surface area contributed by atoms with E-state index in [1.165, 1.54) is 7.11 Å². The number of carbonyl (C=O) groups is 2. The van der Waals surface area contributed by atoms with Crippen LogP contribution in [0.25, 0.3) is 0 Å². The van der Waals surface area contributed by atoms with Crippen LogP contribution in [0.1, 0.15) is 6.42 Å². The lowest BCUT2D eigenvalue weighted by atomic mass is 10.2. The quantitative estimate of drug-likeness (QED) is 0.760. The molecule has 21 heavy (non-hydrogen) atoms. The molecule has 1 aromatic rings. The summed E-state index contributed by atoms with van der Waals surface area (Å²) in [6, 6.07) is 3.40. The van der Waals surface area contributed by atoms with Gasteiger partial charge in [0.25, 0.3) is 0 Å². The van der Waals surface area contributed by atoms with Gasteiger partial charge < -0.3 is 25.2 Å². The summed E-state index contributed by atoms with van der Waals surface area (Å²) in [5.74, 6) is -0.509. The highest BCUT2D eigenvalue weighted by atomic mass is 79.9. The zero-order valence-corrected chi connectivity index (χ0v) is 12.8. The number of carboxylic acid groups (broad SMARTS) is 1. The largest absolute Gasteiger partial charge is 0.496 e. The molecular weight excluding hydrogens is 344 g/mol. The van der Waals surface area contributed by atoms with Crippen molar-refractivity contribution in [2.24, 2.45) is 0 Å². The minimum Gasteiger partial charge on any atom is -0.496 e. The summed E-state index contributed by atoms with van der Waals surface area (Å²) >= 11 is 3.30. The van der Waals surface area contributed by atoms with Crippen molar-refractivity contribution in [2.45, 2.75) is 18.6 Å². The number of methoxy groups -OCH3 is 1. The Bertz CT molecular complexity index is 565. The van der Waals surface area contributed by atoms with E-state index in [1.54, 1.807) is 18.2 Å². The van der Waals surface area contributed by atoms with E-state index in [-0.39, 0.29) is 13.0 Å². The van der Waals surface area contributed by atoms with Gasteiger partial charge in [0.15, 0.2) is 0 Å². The van der Waals surface area contributed by atoms with Crippen molar-refractivity contribution in [2.75, 3.05) is 19.0 Å². The molecule has 7 nitrogen and oxygen atoms in total. The Balaban J connectivity index is 2.10. The molecule has 1 fully saturated rings. The van der Waals surface area contributed by atoms with Crippen molar-refractivity contribution in [1.82, 2.24) is 4.90 Å². The summed E-state index contributed by atoms with van der Waals surface area (Å²) < 4.78 is 5.75. The van der Waals surface area contributed by atoms with Gasteiger partial charge in [0.2, 0.25) is 0 Å². The summed E-state index contributed by atoms with van der Waals surface area (Å²) in [6.45, 7) is 0.000123. The number of likely N-dealkylation sites (tertiary alicyclic amines) is 1. The van der Waals surface area contributed by atoms with Crippen LogP contribution in [-0.2, 0) is 4.79 Å². The average molecular weight is 359 g/mol. The number of rotatable bonds is 3. The number of hydrogen-bond donors (Lipinski definition) is 3. The maximum Gasteiger partial charge on any atom is 0.326 e. The van der Waals surface area contributed by atoms with E-state index in [1.807, 2.05) is 0 Å². The number of urea groups is 1. The van der Waals surface area contributed by atoms with Gasteiger partial charge in [0.1, 0.15) is 11.8 Å². The first-order valence-corrected chi connectivity index (χ1v) is 7.03. The third-order valence-corrected chi connectivity index (χ3v) is 3.85. The number of nitrogens with one attached hydrogen (secondary N) is 1. The van der Waals surface area contributed by atoms with Gasteiger partial charge in [-0.3, -0.25) is 0 Å². The Hall–Kier alpha value is -1.80. The highest BCUT2D eigenvalue weighted by molar-refractivity contribution is 9.10. The molecule has 0 bridgehead atoms. The molecule has 114 valence electrons. The van der Waals surface area contributed by atoms with Crippen LogP contribution in [0.3, 0.4) is 0 Å². The molecule has 1 saturated heterocycles. The fourth-order valence-electron chi connectivity index (χ4n) is 2.21. The third-order valence-electron chi connectivity index (χ3n) is 3.23. The van der Waals surface area contributed by atoms with Crippen LogP contribution in [-0.4, -0.2) is 52.9 Å². The molecule has 1 heterocycles. The van der Waals surface area contributed by atoms with Gasteiger partial charge in [-0.2, -0.15) is 0 Å². The Labute approximate surface area is 129 Å². The number of carbonyl (C=O) groups excluding carboxylic acids is 1. The lowest BCUT2D eigenvalue weighted by molar-refractivity contribution is -0.141. The Morgan fingerprint density at radius 2 is 2.19 bits per heavy atom. The molecule has 0 saturated carbocycles. The number of aliphatic hydroxyl groups is 1. The van der Waals surface area contributed by atoms with E-state index < -0.39 is 24.1 Å². The predicted molar refractivity (Wildman–Crippen MR) is 78.5 cm³/mol. The van der Waals surface area contributed by atoms with Crippen molar-refractivity contribution in [1.29, 1.82) is 0 Å². The van der Waals surface area contributed by atoms with E-state index in [0.717, 1.165) is 4.90 Å². The second-order valence-corrected chi connectivity index (χ2v) is 5.53. The number of aliphatic carboxylic acids is 1. The number of aliphatic hydroxyl groups excluding tert-OH is 1. The van der Waals surface area contributed by atoms with Gasteiger partial charge in [-0.15, -0.1) is 0 Å². The molecular formula is C13H15BrN2O5. The molecule has 2 rings (SSSR count). The number of nitrogens with zero attached hydrogens (tertiary/aromatic N) is 1. The fraction of sp³-hybridized carbons (Fsp3) is 0.385. The van der Waals surface area contributed by atoms with Crippen molar-refractivity contribution in [3.8, 4) is 5.75 Å². The number of amides is 2. The molecule has 3 N–H and O–H groups in total. The van der Waals surface area contributed by atoms with Crippen LogP contribution >= 0.6 is 15.9 Å². The Morgan fingerprint density at radius 3 is 2.76 bits per heavy atom. The molecule has 8 heteroatoms. The van der Waals surface area contributed by atoms with Crippen LogP contribution < -0.4 is 10.1 Å². The molecule has 1 unspecified atom stereocenters. The first-order chi connectivity index (χ1) is 9.92. The topological polar surface area (TPSA) is 99.1 Å². The highest BCUT2D eigenvalue weighted by Crippen LogP contribution is 2.28. The second-order valence-electron chi connectivity index (χ2n) is 4.68. The zero-order valence-electron chi connectivity index (χ0n) is 11.2. The van der Waals surface area contributed by atoms with E-state index >= 15 is 0 Å². The summed E-state index contributed by atoms with van der Waals surface area (Å²) in [7, 11) is 1.53. The lowest BCUT2D eigenvalue weighted by Crippen LogP contribution is -2.43. The normalized spacial score (nSPS) is 21.2. The minimum absolute atomic E-state index is 0.000123. The van der Waals surface area contributed by atoms with Crippen molar-refractivity contribution in [3.05, 3.63) is 22.7 Å². The Morgan fingerprint density at radius 1 is 1.48 bits per heavy atom. The van der Waals surface area contributed by atoms with Gasteiger partial charge >= 0.3 is 12.0 Å². The monoisotopic (exact) mass is 358 g/mol. The highest BCUT2D eigenvalue weighted by Gasteiger charge is 2.39. The number of halogens is 1. The maximum atomic E-state index is 12.1. The summed E-state index contributed by atoms with van der Waals surface area (Å²) in [4.78, 5) is 24.3. The lowest BCUT2D eigenvalue weighted by Gasteiger charge is -2.21. The summed E-state index contributed by atoms with van der Waals surface area (Å²) in [5, 5.41) is 21.2. The van der Waals surface area contributed by atoms with Crippen molar-refractivity contribution < 1.29 is 24.5 Å². The molecule has 1 aromatic carbocycles. The number of β-amino-alcohol motifs (C(OH)–C–C–N with tert-alkyl or cyclic N) is 1. The van der Waals surface area contributed by atoms with Crippen molar-refractivity contribution >= 4 is 33.6 Å². The molecule has 0 aliphatic carbocycles. The van der Waals surface area contributed by atoms with E-state index in [4.69, 9.17) is 9.84 Å². The first-order valence-electron chi connectivity index (χ1n) is 6.24. The second kappa shape index (κ2) is 6.31. The molecule has 1 aliphatic rings. The molecule has 0 spiro atoms. The molecule has 0 aromatic heterocycles. The predicted octanol–water partition coefficient (Wildman–Crippen LogP) is 1.51. The van der Waals surface area contributed by atoms with E-state index in [9.17, 15) is 14.7 Å². The number of benzene rings is 1. The van der Waals surface area contributed by atoms with Gasteiger partial charge in [0, 0.05) is 18.7 Å². The van der Waals surface area contributed by atoms with Gasteiger partial charge in [-0.05, 0) is 34.1 Å². The summed E-state index contributed by atoms with van der Waals surface area (Å²) in [6.07, 6.45) is -0.783. The van der Waals surface area contributed by atoms with Gasteiger partial charge in [-0.1, -0.05) is 0 Å². The van der Waals surface area contributed by atoms with Crippen LogP contribution in [0.5, 0.6) is 5.75 Å². The van der Waals surface area contributed by atoms with Crippen LogP contribution in [0.2, 0.25) is 0 Å². The first kappa shape index (κ1) is 15.6. The van der Waals surface area contributed by atoms with Crippen LogP contribution in [0.15, 0.2) is 22.7 Å². The fourth-order valence-corrected chi connectivity index (χ4v) is 2.75. The van der Waals surface area contributed by atoms with E-state index in [0.29, 0.717) is 15.9 Å². The number of ether oxygens (including phenoxy) is 1. The maximum absolute atomic E-state index is 12.1. The molecule has 2 atom stereocenters.